The molecular formula is C11H23NO. The quantitative estimate of drug-likeness (QED) is 0.641. The molecule has 0 heterocycles. The van der Waals surface area contributed by atoms with Crippen molar-refractivity contribution in [3.63, 3.8) is 0 Å². The van der Waals surface area contributed by atoms with E-state index in [2.05, 4.69) is 12.2 Å². The molecule has 0 aromatic rings. The summed E-state index contributed by atoms with van der Waals surface area (Å²) in [5.41, 5.74) is 0. The summed E-state index contributed by atoms with van der Waals surface area (Å²) in [6, 6.07) is 0.752. The van der Waals surface area contributed by atoms with E-state index in [9.17, 15) is 0 Å². The number of aliphatic hydroxyl groups excluding tert-OH is 1. The van der Waals surface area contributed by atoms with Gasteiger partial charge in [0.05, 0.1) is 0 Å². The maximum absolute atomic E-state index is 8.62. The average Bonchev–Trinajstić information content (AvgIpc) is 2.13. The second-order valence-electron chi connectivity index (χ2n) is 4.35. The minimum Gasteiger partial charge on any atom is -0.396 e. The van der Waals surface area contributed by atoms with Gasteiger partial charge in [-0.2, -0.15) is 0 Å². The molecule has 1 saturated carbocycles. The van der Waals surface area contributed by atoms with Crippen LogP contribution in [0.15, 0.2) is 0 Å². The zero-order valence-corrected chi connectivity index (χ0v) is 8.76. The highest BCUT2D eigenvalue weighted by atomic mass is 16.2. The minimum absolute atomic E-state index is 0.336. The van der Waals surface area contributed by atoms with Crippen LogP contribution in [0.1, 0.15) is 45.4 Å². The Bertz CT molecular complexity index is 127. The topological polar surface area (TPSA) is 32.3 Å². The van der Waals surface area contributed by atoms with Gasteiger partial charge in [0.1, 0.15) is 0 Å². The second-order valence-corrected chi connectivity index (χ2v) is 4.35. The van der Waals surface area contributed by atoms with E-state index >= 15 is 0 Å². The third-order valence-electron chi connectivity index (χ3n) is 2.95. The van der Waals surface area contributed by atoms with Crippen LogP contribution in [0.4, 0.5) is 0 Å². The molecule has 0 aliphatic heterocycles. The Kier molecular flexibility index (Phi) is 5.40. The summed E-state index contributed by atoms with van der Waals surface area (Å²) in [7, 11) is 0. The van der Waals surface area contributed by atoms with Gasteiger partial charge in [0.25, 0.3) is 0 Å². The van der Waals surface area contributed by atoms with Gasteiger partial charge in [-0.3, -0.25) is 0 Å². The van der Waals surface area contributed by atoms with Crippen molar-refractivity contribution < 1.29 is 5.11 Å². The van der Waals surface area contributed by atoms with Gasteiger partial charge in [-0.25, -0.2) is 0 Å². The van der Waals surface area contributed by atoms with Crippen LogP contribution in [0.5, 0.6) is 0 Å². The number of aliphatic hydroxyl groups is 1. The predicted octanol–water partition coefficient (Wildman–Crippen LogP) is 1.93. The summed E-state index contributed by atoms with van der Waals surface area (Å²) >= 11 is 0. The molecule has 2 nitrogen and oxygen atoms in total. The number of rotatable bonds is 5. The van der Waals surface area contributed by atoms with Gasteiger partial charge < -0.3 is 10.4 Å². The lowest BCUT2D eigenvalue weighted by molar-refractivity contribution is 0.273. The maximum Gasteiger partial charge on any atom is 0.0431 e. The van der Waals surface area contributed by atoms with Gasteiger partial charge >= 0.3 is 0 Å². The van der Waals surface area contributed by atoms with Crippen LogP contribution in [-0.4, -0.2) is 24.3 Å². The van der Waals surface area contributed by atoms with E-state index in [0.29, 0.717) is 6.61 Å². The zero-order chi connectivity index (χ0) is 9.52. The fraction of sp³-hybridized carbons (Fsp3) is 1.00. The van der Waals surface area contributed by atoms with Gasteiger partial charge in [-0.15, -0.1) is 0 Å². The van der Waals surface area contributed by atoms with Gasteiger partial charge in [0.2, 0.25) is 0 Å². The van der Waals surface area contributed by atoms with Crippen LogP contribution in [0, 0.1) is 5.92 Å². The molecule has 13 heavy (non-hydrogen) atoms. The molecule has 0 amide bonds. The largest absolute Gasteiger partial charge is 0.396 e. The summed E-state index contributed by atoms with van der Waals surface area (Å²) in [6.45, 7) is 3.77. The molecule has 2 heteroatoms. The summed E-state index contributed by atoms with van der Waals surface area (Å²) in [5.74, 6) is 0.907. The molecule has 1 fully saturated rings. The van der Waals surface area contributed by atoms with E-state index in [-0.39, 0.29) is 0 Å². The predicted molar refractivity (Wildman–Crippen MR) is 55.7 cm³/mol. The molecule has 0 bridgehead atoms. The molecule has 1 rings (SSSR count). The second kappa shape index (κ2) is 6.39. The number of hydrogen-bond donors (Lipinski definition) is 2. The molecular weight excluding hydrogens is 162 g/mol. The summed E-state index contributed by atoms with van der Waals surface area (Å²) in [5, 5.41) is 12.2. The Balaban J connectivity index is 2.00. The van der Waals surface area contributed by atoms with Crippen LogP contribution in [-0.2, 0) is 0 Å². The lowest BCUT2D eigenvalue weighted by Gasteiger charge is -2.27. The number of nitrogens with one attached hydrogen (secondary N) is 1. The third kappa shape index (κ3) is 4.63. The van der Waals surface area contributed by atoms with Crippen LogP contribution >= 0.6 is 0 Å². The summed E-state index contributed by atoms with van der Waals surface area (Å²) in [4.78, 5) is 0. The summed E-state index contributed by atoms with van der Waals surface area (Å²) < 4.78 is 0. The van der Waals surface area contributed by atoms with Crippen molar-refractivity contribution in [3.05, 3.63) is 0 Å². The Morgan fingerprint density at radius 1 is 1.31 bits per heavy atom. The minimum atomic E-state index is 0.336. The Labute approximate surface area is 81.7 Å². The summed E-state index contributed by atoms with van der Waals surface area (Å²) in [6.07, 6.45) is 7.55. The number of unbranched alkanes of at least 4 members (excludes halogenated alkanes) is 1. The van der Waals surface area contributed by atoms with E-state index in [1.54, 1.807) is 0 Å². The van der Waals surface area contributed by atoms with E-state index < -0.39 is 0 Å². The van der Waals surface area contributed by atoms with Gasteiger partial charge in [0, 0.05) is 12.6 Å². The maximum atomic E-state index is 8.62. The molecule has 0 spiro atoms. The van der Waals surface area contributed by atoms with Crippen LogP contribution in [0.3, 0.4) is 0 Å². The van der Waals surface area contributed by atoms with Crippen molar-refractivity contribution >= 4 is 0 Å². The molecule has 0 aromatic carbocycles. The molecule has 1 aliphatic carbocycles. The first-order valence-corrected chi connectivity index (χ1v) is 5.67. The third-order valence-corrected chi connectivity index (χ3v) is 2.95. The van der Waals surface area contributed by atoms with Crippen LogP contribution < -0.4 is 5.32 Å². The molecule has 2 atom stereocenters. The fourth-order valence-corrected chi connectivity index (χ4v) is 2.16. The van der Waals surface area contributed by atoms with Crippen LogP contribution in [0.2, 0.25) is 0 Å². The van der Waals surface area contributed by atoms with Crippen molar-refractivity contribution in [1.29, 1.82) is 0 Å². The standard InChI is InChI=1S/C11H23NO/c1-10-5-4-6-11(9-10)12-7-2-3-8-13/h10-13H,2-9H2,1H3. The van der Waals surface area contributed by atoms with Crippen molar-refractivity contribution in [2.75, 3.05) is 13.2 Å². The molecule has 0 saturated heterocycles. The monoisotopic (exact) mass is 185 g/mol. The molecule has 2 N–H and O–H groups in total. The first-order valence-electron chi connectivity index (χ1n) is 5.67. The lowest BCUT2D eigenvalue weighted by atomic mass is 9.87. The van der Waals surface area contributed by atoms with E-state index in [1.807, 2.05) is 0 Å². The highest BCUT2D eigenvalue weighted by Gasteiger charge is 2.17. The molecule has 78 valence electrons. The smallest absolute Gasteiger partial charge is 0.0431 e. The van der Waals surface area contributed by atoms with Gasteiger partial charge in [-0.05, 0) is 38.1 Å². The molecule has 1 aliphatic rings. The SMILES string of the molecule is CC1CCCC(NCCCCO)C1. The van der Waals surface area contributed by atoms with Crippen molar-refractivity contribution in [2.45, 2.75) is 51.5 Å². The Morgan fingerprint density at radius 3 is 2.85 bits per heavy atom. The van der Waals surface area contributed by atoms with Gasteiger partial charge in [-0.1, -0.05) is 19.8 Å². The highest BCUT2D eigenvalue weighted by Crippen LogP contribution is 2.23. The molecule has 0 aromatic heterocycles. The Hall–Kier alpha value is -0.0800. The first-order chi connectivity index (χ1) is 6.33. The fourth-order valence-electron chi connectivity index (χ4n) is 2.16. The van der Waals surface area contributed by atoms with Gasteiger partial charge in [0.15, 0.2) is 0 Å². The zero-order valence-electron chi connectivity index (χ0n) is 8.76. The van der Waals surface area contributed by atoms with Crippen molar-refractivity contribution in [2.24, 2.45) is 5.92 Å². The van der Waals surface area contributed by atoms with E-state index in [4.69, 9.17) is 5.11 Å². The highest BCUT2D eigenvalue weighted by molar-refractivity contribution is 4.75. The normalized spacial score (nSPS) is 29.1. The van der Waals surface area contributed by atoms with Crippen LogP contribution in [0.25, 0.3) is 0 Å². The van der Waals surface area contributed by atoms with Crippen molar-refractivity contribution in [3.8, 4) is 0 Å². The molecule has 2 unspecified atom stereocenters. The van der Waals surface area contributed by atoms with E-state index in [0.717, 1.165) is 31.3 Å². The Morgan fingerprint density at radius 2 is 2.15 bits per heavy atom. The lowest BCUT2D eigenvalue weighted by Crippen LogP contribution is -2.34. The number of hydrogen-bond acceptors (Lipinski definition) is 2. The van der Waals surface area contributed by atoms with E-state index in [1.165, 1.54) is 25.7 Å². The molecule has 0 radical (unpaired) electrons. The van der Waals surface area contributed by atoms with Crippen molar-refractivity contribution in [1.82, 2.24) is 5.32 Å². The average molecular weight is 185 g/mol. The first kappa shape index (κ1) is 11.0.